The maximum atomic E-state index is 10.3. The van der Waals surface area contributed by atoms with Crippen molar-refractivity contribution in [2.24, 2.45) is 5.73 Å². The number of hydrogen-bond acceptors (Lipinski definition) is 4. The average molecular weight is 160 g/mol. The summed E-state index contributed by atoms with van der Waals surface area (Å²) in [7, 11) is 0. The Kier molecular flexibility index (Phi) is 2.67. The van der Waals surface area contributed by atoms with Gasteiger partial charge in [-0.25, -0.2) is 4.79 Å². The third-order valence-corrected chi connectivity index (χ3v) is 1.67. The van der Waals surface area contributed by atoms with Crippen molar-refractivity contribution >= 4 is 6.09 Å². The molecule has 5 nitrogen and oxygen atoms in total. The van der Waals surface area contributed by atoms with Gasteiger partial charge in [0.15, 0.2) is 6.23 Å². The fraction of sp³-hybridized carbons (Fsp3) is 0.833. The zero-order valence-corrected chi connectivity index (χ0v) is 6.19. The number of amides is 1. The molecule has 1 aliphatic rings. The van der Waals surface area contributed by atoms with Crippen molar-refractivity contribution in [3.8, 4) is 0 Å². The molecule has 0 bridgehead atoms. The van der Waals surface area contributed by atoms with Crippen molar-refractivity contribution in [1.29, 1.82) is 0 Å². The van der Waals surface area contributed by atoms with Crippen molar-refractivity contribution in [3.05, 3.63) is 0 Å². The quantitative estimate of drug-likeness (QED) is 0.577. The van der Waals surface area contributed by atoms with E-state index in [1.165, 1.54) is 0 Å². The van der Waals surface area contributed by atoms with Gasteiger partial charge >= 0.3 is 6.09 Å². The molecule has 0 aromatic rings. The first kappa shape index (κ1) is 8.29. The topological polar surface area (TPSA) is 75.8 Å². The van der Waals surface area contributed by atoms with Crippen LogP contribution in [0.4, 0.5) is 4.79 Å². The van der Waals surface area contributed by atoms with E-state index in [1.807, 2.05) is 0 Å². The molecule has 0 radical (unpaired) electrons. The number of hydroxylamine groups is 2. The number of carbonyl (C=O) groups is 1. The molecule has 1 saturated heterocycles. The highest BCUT2D eigenvalue weighted by molar-refractivity contribution is 5.64. The lowest BCUT2D eigenvalue weighted by molar-refractivity contribution is -0.208. The first-order valence-corrected chi connectivity index (χ1v) is 3.62. The molecule has 1 unspecified atom stereocenters. The predicted molar refractivity (Wildman–Crippen MR) is 36.8 cm³/mol. The van der Waals surface area contributed by atoms with Crippen LogP contribution in [0.3, 0.4) is 0 Å². The first-order chi connectivity index (χ1) is 5.20. The second-order valence-corrected chi connectivity index (χ2v) is 2.55. The van der Waals surface area contributed by atoms with Crippen molar-refractivity contribution < 1.29 is 14.7 Å². The van der Waals surface area contributed by atoms with Gasteiger partial charge in [0.1, 0.15) is 0 Å². The van der Waals surface area contributed by atoms with Crippen LogP contribution in [-0.2, 0) is 4.74 Å². The molecule has 0 spiro atoms. The minimum atomic E-state index is -0.837. The average Bonchev–Trinajstić information content (AvgIpc) is 1.93. The van der Waals surface area contributed by atoms with E-state index >= 15 is 0 Å². The summed E-state index contributed by atoms with van der Waals surface area (Å²) in [6, 6.07) is 0. The number of rotatable bonds is 1. The van der Waals surface area contributed by atoms with Crippen molar-refractivity contribution in [1.82, 2.24) is 5.06 Å². The number of piperidine rings is 1. The largest absolute Gasteiger partial charge is 0.428 e. The van der Waals surface area contributed by atoms with Crippen LogP contribution in [0.15, 0.2) is 0 Å². The van der Waals surface area contributed by atoms with Gasteiger partial charge in [0.25, 0.3) is 0 Å². The van der Waals surface area contributed by atoms with E-state index in [-0.39, 0.29) is 0 Å². The lowest BCUT2D eigenvalue weighted by atomic mass is 10.1. The van der Waals surface area contributed by atoms with Gasteiger partial charge in [0.05, 0.1) is 0 Å². The maximum absolute atomic E-state index is 10.3. The molecule has 64 valence electrons. The van der Waals surface area contributed by atoms with E-state index < -0.39 is 12.3 Å². The molecule has 11 heavy (non-hydrogen) atoms. The van der Waals surface area contributed by atoms with Crippen LogP contribution in [0.2, 0.25) is 0 Å². The van der Waals surface area contributed by atoms with Gasteiger partial charge in [-0.05, 0) is 12.8 Å². The van der Waals surface area contributed by atoms with Crippen LogP contribution >= 0.6 is 0 Å². The molecule has 1 atom stereocenters. The molecule has 1 aliphatic heterocycles. The van der Waals surface area contributed by atoms with E-state index in [0.29, 0.717) is 13.0 Å². The first-order valence-electron chi connectivity index (χ1n) is 3.62. The van der Waals surface area contributed by atoms with Crippen molar-refractivity contribution in [2.45, 2.75) is 25.5 Å². The molecular formula is C6H12N2O3. The smallest absolute Gasteiger partial charge is 0.406 e. The second-order valence-electron chi connectivity index (χ2n) is 2.55. The molecule has 0 aliphatic carbocycles. The van der Waals surface area contributed by atoms with Crippen LogP contribution in [0, 0.1) is 0 Å². The monoisotopic (exact) mass is 160 g/mol. The maximum Gasteiger partial charge on any atom is 0.406 e. The lowest BCUT2D eigenvalue weighted by Gasteiger charge is -2.28. The number of carbonyl (C=O) groups excluding carboxylic acids is 1. The molecule has 0 aromatic carbocycles. The molecule has 1 rings (SSSR count). The number of hydrogen-bond donors (Lipinski definition) is 2. The van der Waals surface area contributed by atoms with E-state index in [2.05, 4.69) is 4.74 Å². The fourth-order valence-corrected chi connectivity index (χ4v) is 1.14. The third-order valence-electron chi connectivity index (χ3n) is 1.67. The van der Waals surface area contributed by atoms with E-state index in [1.54, 1.807) is 0 Å². The molecule has 1 amide bonds. The Hall–Kier alpha value is -0.810. The van der Waals surface area contributed by atoms with Crippen LogP contribution in [0.5, 0.6) is 0 Å². The molecule has 1 fully saturated rings. The Morgan fingerprint density at radius 2 is 2.36 bits per heavy atom. The predicted octanol–water partition coefficient (Wildman–Crippen LogP) is 0.283. The zero-order chi connectivity index (χ0) is 8.27. The summed E-state index contributed by atoms with van der Waals surface area (Å²) in [5, 5.41) is 10.1. The Labute approximate surface area is 64.7 Å². The van der Waals surface area contributed by atoms with Crippen LogP contribution in [-0.4, -0.2) is 29.1 Å². The van der Waals surface area contributed by atoms with Gasteiger partial charge < -0.3 is 15.7 Å². The summed E-state index contributed by atoms with van der Waals surface area (Å²) in [6.07, 6.45) is 1.15. The molecular weight excluding hydrogens is 148 g/mol. The number of ether oxygens (including phenoxy) is 1. The highest BCUT2D eigenvalue weighted by Crippen LogP contribution is 2.15. The molecule has 0 aromatic heterocycles. The van der Waals surface area contributed by atoms with Gasteiger partial charge in [0, 0.05) is 13.0 Å². The van der Waals surface area contributed by atoms with E-state index in [0.717, 1.165) is 17.9 Å². The number of nitrogens with two attached hydrogens (primary N) is 1. The summed E-state index contributed by atoms with van der Waals surface area (Å²) in [6.45, 7) is 0.540. The highest BCUT2D eigenvalue weighted by Gasteiger charge is 2.22. The molecule has 1 heterocycles. The van der Waals surface area contributed by atoms with Crippen LogP contribution in [0.1, 0.15) is 19.3 Å². The molecule has 0 saturated carbocycles. The molecule has 5 heteroatoms. The van der Waals surface area contributed by atoms with Gasteiger partial charge in [0.2, 0.25) is 0 Å². The number of primary amides is 1. The van der Waals surface area contributed by atoms with Crippen LogP contribution < -0.4 is 5.73 Å². The van der Waals surface area contributed by atoms with E-state index in [4.69, 9.17) is 10.9 Å². The van der Waals surface area contributed by atoms with Crippen LogP contribution in [0.25, 0.3) is 0 Å². The Morgan fingerprint density at radius 3 is 2.91 bits per heavy atom. The minimum absolute atomic E-state index is 0.540. The van der Waals surface area contributed by atoms with E-state index in [9.17, 15) is 4.79 Å². The third kappa shape index (κ3) is 2.36. The minimum Gasteiger partial charge on any atom is -0.428 e. The van der Waals surface area contributed by atoms with Crippen molar-refractivity contribution in [2.75, 3.05) is 6.54 Å². The SMILES string of the molecule is NC(=O)OC1CCCCN1O. The second kappa shape index (κ2) is 3.54. The Bertz CT molecular complexity index is 151. The highest BCUT2D eigenvalue weighted by atomic mass is 16.6. The summed E-state index contributed by atoms with van der Waals surface area (Å²) in [4.78, 5) is 10.3. The van der Waals surface area contributed by atoms with Gasteiger partial charge in [-0.1, -0.05) is 0 Å². The zero-order valence-electron chi connectivity index (χ0n) is 6.19. The Balaban J connectivity index is 2.35. The molecule has 3 N–H and O–H groups in total. The Morgan fingerprint density at radius 1 is 1.64 bits per heavy atom. The van der Waals surface area contributed by atoms with Gasteiger partial charge in [-0.3, -0.25) is 0 Å². The summed E-state index contributed by atoms with van der Waals surface area (Å²) >= 11 is 0. The number of nitrogens with zero attached hydrogens (tertiary/aromatic N) is 1. The summed E-state index contributed by atoms with van der Waals surface area (Å²) < 4.78 is 4.62. The summed E-state index contributed by atoms with van der Waals surface area (Å²) in [5.41, 5.74) is 4.79. The summed E-state index contributed by atoms with van der Waals surface area (Å²) in [5.74, 6) is 0. The fourth-order valence-electron chi connectivity index (χ4n) is 1.14. The standard InChI is InChI=1S/C6H12N2O3/c7-6(9)11-5-3-1-2-4-8(5)10/h5,10H,1-4H2,(H2,7,9). The van der Waals surface area contributed by atoms with Gasteiger partial charge in [-0.15, -0.1) is 0 Å². The lowest BCUT2D eigenvalue weighted by Crippen LogP contribution is -2.41. The normalized spacial score (nSPS) is 26.5. The van der Waals surface area contributed by atoms with Crippen molar-refractivity contribution in [3.63, 3.8) is 0 Å². The van der Waals surface area contributed by atoms with Gasteiger partial charge in [-0.2, -0.15) is 5.06 Å².